The third-order valence-electron chi connectivity index (χ3n) is 1.75. The van der Waals surface area contributed by atoms with Crippen molar-refractivity contribution in [1.29, 1.82) is 0 Å². The Hall–Kier alpha value is -1.60. The second-order valence-electron chi connectivity index (χ2n) is 2.75. The number of pyridine rings is 1. The maximum Gasteiger partial charge on any atom is 0.260 e. The van der Waals surface area contributed by atoms with E-state index in [1.807, 2.05) is 30.1 Å². The minimum atomic E-state index is -0.0629. The summed E-state index contributed by atoms with van der Waals surface area (Å²) >= 11 is 0. The molecular weight excluding hydrogens is 195 g/mol. The van der Waals surface area contributed by atoms with Gasteiger partial charge >= 0.3 is 0 Å². The summed E-state index contributed by atoms with van der Waals surface area (Å²) < 4.78 is 0. The lowest BCUT2D eigenvalue weighted by atomic mass is 10.4. The van der Waals surface area contributed by atoms with E-state index in [9.17, 15) is 4.79 Å². The molecule has 70 valence electrons. The summed E-state index contributed by atoms with van der Waals surface area (Å²) in [6.45, 7) is 0. The van der Waals surface area contributed by atoms with Crippen LogP contribution in [0, 0.1) is 0 Å². The first kappa shape index (κ1) is 8.97. The highest BCUT2D eigenvalue weighted by Gasteiger charge is 2.05. The van der Waals surface area contributed by atoms with Crippen LogP contribution in [0.25, 0.3) is 0 Å². The Labute approximate surface area is 83.3 Å². The summed E-state index contributed by atoms with van der Waals surface area (Å²) in [4.78, 5) is 15.6. The number of hydrogen-bond donors (Lipinski definition) is 1. The van der Waals surface area contributed by atoms with Gasteiger partial charge in [0.15, 0.2) is 0 Å². The maximum atomic E-state index is 11.6. The molecule has 1 amide bonds. The average Bonchev–Trinajstić information content (AvgIpc) is 2.72. The zero-order chi connectivity index (χ0) is 9.80. The van der Waals surface area contributed by atoms with Crippen molar-refractivity contribution in [1.82, 2.24) is 4.98 Å². The number of nitrogens with zero attached hydrogens (tertiary/aromatic N) is 1. The van der Waals surface area contributed by atoms with Crippen LogP contribution in [0.3, 0.4) is 0 Å². The molecule has 0 saturated carbocycles. The Balaban J connectivity index is 2.10. The molecule has 3 nitrogen and oxygen atoms in total. The molecule has 0 spiro atoms. The molecule has 14 heavy (non-hydrogen) atoms. The van der Waals surface area contributed by atoms with Crippen molar-refractivity contribution in [2.75, 3.05) is 5.32 Å². The van der Waals surface area contributed by atoms with Crippen LogP contribution >= 0.6 is 8.19 Å². The minimum absolute atomic E-state index is 0.0629. The van der Waals surface area contributed by atoms with E-state index < -0.39 is 0 Å². The molecule has 0 aliphatic heterocycles. The van der Waals surface area contributed by atoms with Gasteiger partial charge in [0.2, 0.25) is 0 Å². The van der Waals surface area contributed by atoms with E-state index in [1.54, 1.807) is 12.3 Å². The number of amides is 1. The first-order valence-corrected chi connectivity index (χ1v) is 5.30. The highest BCUT2D eigenvalue weighted by Crippen LogP contribution is 2.15. The molecule has 2 aromatic rings. The summed E-state index contributed by atoms with van der Waals surface area (Å²) in [6.07, 6.45) is 1.65. The van der Waals surface area contributed by atoms with E-state index in [0.29, 0.717) is 14.0 Å². The number of hydrogen-bond acceptors (Lipinski definition) is 2. The lowest BCUT2D eigenvalue weighted by Gasteiger charge is -2.01. The monoisotopic (exact) mass is 204 g/mol. The Bertz CT molecular complexity index is 411. The quantitative estimate of drug-likeness (QED) is 0.815. The molecule has 1 atom stereocenters. The molecule has 0 aliphatic carbocycles. The lowest BCUT2D eigenvalue weighted by molar-refractivity contribution is 0.103. The van der Waals surface area contributed by atoms with E-state index in [4.69, 9.17) is 0 Å². The molecule has 0 saturated heterocycles. The van der Waals surface area contributed by atoms with Gasteiger partial charge in [-0.3, -0.25) is 4.79 Å². The van der Waals surface area contributed by atoms with Gasteiger partial charge in [-0.25, -0.2) is 4.98 Å². The topological polar surface area (TPSA) is 42.0 Å². The van der Waals surface area contributed by atoms with Gasteiger partial charge in [-0.05, 0) is 24.0 Å². The van der Waals surface area contributed by atoms with E-state index >= 15 is 0 Å². The zero-order valence-corrected chi connectivity index (χ0v) is 8.40. The van der Waals surface area contributed by atoms with Gasteiger partial charge in [0.1, 0.15) is 5.82 Å². The molecule has 2 aromatic heterocycles. The molecule has 2 rings (SSSR count). The Kier molecular flexibility index (Phi) is 2.61. The smallest absolute Gasteiger partial charge is 0.260 e. The first-order chi connectivity index (χ1) is 6.86. The molecule has 0 fully saturated rings. The van der Waals surface area contributed by atoms with Crippen LogP contribution in [0.5, 0.6) is 0 Å². The van der Waals surface area contributed by atoms with Gasteiger partial charge in [0.25, 0.3) is 5.91 Å². The lowest BCUT2D eigenvalue weighted by Crippen LogP contribution is -2.10. The van der Waals surface area contributed by atoms with Crippen LogP contribution in [0.15, 0.2) is 42.3 Å². The first-order valence-electron chi connectivity index (χ1n) is 4.22. The average molecular weight is 204 g/mol. The van der Waals surface area contributed by atoms with Crippen molar-refractivity contribution in [3.63, 3.8) is 0 Å². The number of aromatic nitrogens is 1. The fourth-order valence-corrected chi connectivity index (χ4v) is 1.85. The summed E-state index contributed by atoms with van der Waals surface area (Å²) in [7, 11) is 0.473. The molecule has 0 aliphatic rings. The second-order valence-corrected chi connectivity index (χ2v) is 3.91. The highest BCUT2D eigenvalue weighted by molar-refractivity contribution is 7.31. The highest BCUT2D eigenvalue weighted by atomic mass is 31.0. The van der Waals surface area contributed by atoms with E-state index in [0.717, 1.165) is 5.30 Å². The van der Waals surface area contributed by atoms with Crippen molar-refractivity contribution in [2.24, 2.45) is 0 Å². The fourth-order valence-electron chi connectivity index (χ4n) is 1.09. The zero-order valence-electron chi connectivity index (χ0n) is 7.40. The summed E-state index contributed by atoms with van der Waals surface area (Å²) in [5.41, 5.74) is 0. The van der Waals surface area contributed by atoms with Crippen molar-refractivity contribution in [3.05, 3.63) is 47.6 Å². The maximum absolute atomic E-state index is 11.6. The van der Waals surface area contributed by atoms with Gasteiger partial charge in [-0.2, -0.15) is 0 Å². The molecular formula is C10H9N2OP. The molecule has 2 heterocycles. The van der Waals surface area contributed by atoms with E-state index in [-0.39, 0.29) is 5.91 Å². The van der Waals surface area contributed by atoms with Gasteiger partial charge in [-0.15, -0.1) is 8.19 Å². The van der Waals surface area contributed by atoms with Crippen LogP contribution in [-0.2, 0) is 0 Å². The standard InChI is InChI=1S/C10H9N2OP/c13-10(8-4-3-7-14-8)12-9-5-1-2-6-11-9/h1-7,14H,(H,11,12,13). The summed E-state index contributed by atoms with van der Waals surface area (Å²) in [5, 5.41) is 3.53. The van der Waals surface area contributed by atoms with Crippen LogP contribution in [-0.4, -0.2) is 10.9 Å². The number of nitrogens with one attached hydrogen (secondary N) is 1. The molecule has 4 heteroatoms. The molecule has 0 aromatic carbocycles. The Morgan fingerprint density at radius 1 is 1.29 bits per heavy atom. The van der Waals surface area contributed by atoms with E-state index in [2.05, 4.69) is 10.3 Å². The summed E-state index contributed by atoms with van der Waals surface area (Å²) in [6, 6.07) is 9.15. The number of anilines is 1. The normalized spacial score (nSPS) is 10.3. The van der Waals surface area contributed by atoms with Crippen LogP contribution in [0.2, 0.25) is 0 Å². The van der Waals surface area contributed by atoms with Crippen molar-refractivity contribution < 1.29 is 4.79 Å². The fraction of sp³-hybridized carbons (Fsp3) is 0. The third-order valence-corrected chi connectivity index (χ3v) is 2.81. The van der Waals surface area contributed by atoms with Crippen molar-refractivity contribution >= 4 is 19.9 Å². The minimum Gasteiger partial charge on any atom is -0.306 e. The van der Waals surface area contributed by atoms with Crippen molar-refractivity contribution in [3.8, 4) is 0 Å². The van der Waals surface area contributed by atoms with Gasteiger partial charge in [0.05, 0.1) is 5.30 Å². The number of carbonyl (C=O) groups is 1. The number of carbonyl (C=O) groups excluding carboxylic acids is 1. The van der Waals surface area contributed by atoms with Gasteiger partial charge in [0, 0.05) is 6.20 Å². The Morgan fingerprint density at radius 3 is 2.86 bits per heavy atom. The SMILES string of the molecule is O=C(Nc1ccccn1)c1ccc[pH]1. The van der Waals surface area contributed by atoms with Crippen molar-refractivity contribution in [2.45, 2.75) is 0 Å². The Morgan fingerprint density at radius 2 is 2.21 bits per heavy atom. The largest absolute Gasteiger partial charge is 0.306 e. The predicted octanol–water partition coefficient (Wildman–Crippen LogP) is 2.37. The third kappa shape index (κ3) is 2.01. The summed E-state index contributed by atoms with van der Waals surface area (Å²) in [5.74, 6) is 2.51. The van der Waals surface area contributed by atoms with Gasteiger partial charge in [-0.1, -0.05) is 12.1 Å². The number of rotatable bonds is 2. The van der Waals surface area contributed by atoms with E-state index in [1.165, 1.54) is 0 Å². The molecule has 0 radical (unpaired) electrons. The molecule has 1 unspecified atom stereocenters. The van der Waals surface area contributed by atoms with Gasteiger partial charge < -0.3 is 5.32 Å². The van der Waals surface area contributed by atoms with Crippen LogP contribution in [0.1, 0.15) is 10.1 Å². The predicted molar refractivity (Wildman–Crippen MR) is 58.1 cm³/mol. The molecule has 1 N–H and O–H groups in total. The van der Waals surface area contributed by atoms with Crippen LogP contribution < -0.4 is 5.32 Å². The second kappa shape index (κ2) is 4.07. The molecule has 0 bridgehead atoms. The van der Waals surface area contributed by atoms with Crippen LogP contribution in [0.4, 0.5) is 5.82 Å².